The van der Waals surface area contributed by atoms with Gasteiger partial charge in [-0.1, -0.05) is 43.3 Å². The van der Waals surface area contributed by atoms with E-state index in [0.717, 1.165) is 17.7 Å². The van der Waals surface area contributed by atoms with Crippen molar-refractivity contribution in [3.63, 3.8) is 0 Å². The van der Waals surface area contributed by atoms with E-state index in [9.17, 15) is 33.5 Å². The molecule has 4 amide bonds. The minimum Gasteiger partial charge on any atom is -0.478 e. The summed E-state index contributed by atoms with van der Waals surface area (Å²) >= 11 is 0. The number of allylic oxidation sites excluding steroid dienone is 1. The van der Waals surface area contributed by atoms with Crippen molar-refractivity contribution in [2.24, 2.45) is 0 Å². The van der Waals surface area contributed by atoms with Crippen LogP contribution in [-0.2, 0) is 10.2 Å². The van der Waals surface area contributed by atoms with Gasteiger partial charge in [-0.3, -0.25) is 0 Å². The minimum atomic E-state index is -1.58. The average Bonchev–Trinajstić information content (AvgIpc) is 2.95. The van der Waals surface area contributed by atoms with Crippen molar-refractivity contribution in [1.82, 2.24) is 20.4 Å². The highest BCUT2D eigenvalue weighted by atomic mass is 19.1. The van der Waals surface area contributed by atoms with Crippen LogP contribution in [0.2, 0.25) is 0 Å². The number of carboxylic acid groups (broad SMARTS) is 1. The molecule has 4 rings (SSSR count). The summed E-state index contributed by atoms with van der Waals surface area (Å²) in [7, 11) is 0. The molecule has 1 atom stereocenters. The Morgan fingerprint density at radius 2 is 1.88 bits per heavy atom. The Labute approximate surface area is 231 Å². The Morgan fingerprint density at radius 1 is 1.18 bits per heavy atom. The standard InChI is InChI=1S/C29H31F2N5O4/c1-2-23-24(26(37)38)25(21-10-9-20(30)17-22(21)31)36(28(40)34-23)27(39)33-13-6-14-35-15-11-29(18-32,12-16-35)19-7-4-3-5-8-19/h3-5,7-10,17,25H,2,6,11-16H2,1H3,(H,33,39)(H,34,40)(H,37,38). The molecule has 0 spiro atoms. The number of nitriles is 1. The number of rotatable bonds is 8. The molecule has 2 aromatic carbocycles. The van der Waals surface area contributed by atoms with Gasteiger partial charge in [-0.25, -0.2) is 28.1 Å². The van der Waals surface area contributed by atoms with Crippen LogP contribution in [0.5, 0.6) is 0 Å². The van der Waals surface area contributed by atoms with Gasteiger partial charge in [0.2, 0.25) is 0 Å². The van der Waals surface area contributed by atoms with Crippen molar-refractivity contribution in [3.05, 3.63) is 82.6 Å². The number of amides is 4. The topological polar surface area (TPSA) is 126 Å². The molecule has 11 heteroatoms. The number of benzene rings is 2. The maximum absolute atomic E-state index is 14.8. The smallest absolute Gasteiger partial charge is 0.335 e. The van der Waals surface area contributed by atoms with Crippen LogP contribution in [0.1, 0.15) is 49.8 Å². The van der Waals surface area contributed by atoms with Crippen molar-refractivity contribution in [2.75, 3.05) is 26.2 Å². The number of carbonyl (C=O) groups is 3. The predicted molar refractivity (Wildman–Crippen MR) is 142 cm³/mol. The number of halogens is 2. The second-order valence-electron chi connectivity index (χ2n) is 9.91. The quantitative estimate of drug-likeness (QED) is 0.417. The molecule has 0 radical (unpaired) electrons. The largest absolute Gasteiger partial charge is 0.478 e. The highest BCUT2D eigenvalue weighted by Gasteiger charge is 2.43. The molecule has 210 valence electrons. The summed E-state index contributed by atoms with van der Waals surface area (Å²) in [4.78, 5) is 41.1. The number of imide groups is 1. The number of hydrogen-bond donors (Lipinski definition) is 3. The van der Waals surface area contributed by atoms with Gasteiger partial charge in [-0.2, -0.15) is 5.26 Å². The van der Waals surface area contributed by atoms with Crippen LogP contribution < -0.4 is 10.6 Å². The lowest BCUT2D eigenvalue weighted by Crippen LogP contribution is -2.55. The normalized spacial score (nSPS) is 19.1. The number of likely N-dealkylation sites (tertiary alicyclic amines) is 1. The maximum Gasteiger partial charge on any atom is 0.335 e. The van der Waals surface area contributed by atoms with Crippen molar-refractivity contribution in [2.45, 2.75) is 44.1 Å². The van der Waals surface area contributed by atoms with Gasteiger partial charge in [0.1, 0.15) is 17.7 Å². The Hall–Kier alpha value is -4.30. The highest BCUT2D eigenvalue weighted by Crippen LogP contribution is 2.37. The zero-order valence-corrected chi connectivity index (χ0v) is 22.1. The lowest BCUT2D eigenvalue weighted by atomic mass is 9.74. The van der Waals surface area contributed by atoms with E-state index in [1.807, 2.05) is 30.3 Å². The van der Waals surface area contributed by atoms with Gasteiger partial charge in [0, 0.05) is 23.9 Å². The summed E-state index contributed by atoms with van der Waals surface area (Å²) in [5, 5.41) is 24.8. The van der Waals surface area contributed by atoms with Gasteiger partial charge >= 0.3 is 18.0 Å². The number of piperidine rings is 1. The van der Waals surface area contributed by atoms with Gasteiger partial charge in [0.25, 0.3) is 0 Å². The third kappa shape index (κ3) is 5.82. The molecule has 0 aliphatic carbocycles. The Bertz CT molecular complexity index is 1350. The SMILES string of the molecule is CCC1=C(C(=O)O)C(c2ccc(F)cc2F)N(C(=O)NCCCN2CCC(C#N)(c3ccccc3)CC2)C(=O)N1. The zero-order chi connectivity index (χ0) is 28.9. The number of aliphatic carboxylic acids is 1. The van der Waals surface area contributed by atoms with Crippen molar-refractivity contribution in [1.29, 1.82) is 5.26 Å². The summed E-state index contributed by atoms with van der Waals surface area (Å²) in [6.45, 7) is 3.85. The van der Waals surface area contributed by atoms with Crippen LogP contribution in [0, 0.1) is 23.0 Å². The summed E-state index contributed by atoms with van der Waals surface area (Å²) in [6.07, 6.45) is 2.02. The first-order chi connectivity index (χ1) is 19.2. The third-order valence-electron chi connectivity index (χ3n) is 7.57. The first-order valence-electron chi connectivity index (χ1n) is 13.2. The van der Waals surface area contributed by atoms with E-state index in [0.29, 0.717) is 49.9 Å². The second kappa shape index (κ2) is 12.3. The molecule has 1 fully saturated rings. The van der Waals surface area contributed by atoms with E-state index in [1.54, 1.807) is 6.92 Å². The molecule has 2 heterocycles. The zero-order valence-electron chi connectivity index (χ0n) is 22.1. The molecule has 2 aliphatic heterocycles. The van der Waals surface area contributed by atoms with Gasteiger partial charge in [0.15, 0.2) is 0 Å². The molecular formula is C29H31F2N5O4. The molecule has 2 aliphatic rings. The molecule has 1 saturated heterocycles. The van der Waals surface area contributed by atoms with E-state index >= 15 is 0 Å². The molecule has 0 aromatic heterocycles. The Balaban J connectivity index is 1.41. The van der Waals surface area contributed by atoms with E-state index in [4.69, 9.17) is 0 Å². The molecular weight excluding hydrogens is 520 g/mol. The summed E-state index contributed by atoms with van der Waals surface area (Å²) < 4.78 is 28.4. The monoisotopic (exact) mass is 551 g/mol. The van der Waals surface area contributed by atoms with Crippen molar-refractivity contribution < 1.29 is 28.3 Å². The maximum atomic E-state index is 14.8. The van der Waals surface area contributed by atoms with Gasteiger partial charge in [0.05, 0.1) is 17.1 Å². The van der Waals surface area contributed by atoms with Gasteiger partial charge < -0.3 is 20.6 Å². The number of nitrogens with one attached hydrogen (secondary N) is 2. The average molecular weight is 552 g/mol. The fraction of sp³-hybridized carbons (Fsp3) is 0.379. The van der Waals surface area contributed by atoms with Crippen LogP contribution in [-0.4, -0.2) is 59.1 Å². The number of hydrogen-bond acceptors (Lipinski definition) is 5. The van der Waals surface area contributed by atoms with Gasteiger partial charge in [-0.05, 0) is 56.9 Å². The van der Waals surface area contributed by atoms with Crippen LogP contribution >= 0.6 is 0 Å². The predicted octanol–water partition coefficient (Wildman–Crippen LogP) is 4.44. The van der Waals surface area contributed by atoms with E-state index in [1.165, 1.54) is 0 Å². The van der Waals surface area contributed by atoms with Crippen LogP contribution in [0.4, 0.5) is 18.4 Å². The first kappa shape index (κ1) is 28.7. The van der Waals surface area contributed by atoms with Crippen molar-refractivity contribution in [3.8, 4) is 6.07 Å². The minimum absolute atomic E-state index is 0.0457. The molecule has 9 nitrogen and oxygen atoms in total. The summed E-state index contributed by atoms with van der Waals surface area (Å²) in [5.74, 6) is -3.37. The molecule has 1 unspecified atom stereocenters. The van der Waals surface area contributed by atoms with Crippen LogP contribution in [0.3, 0.4) is 0 Å². The highest BCUT2D eigenvalue weighted by molar-refractivity contribution is 6.01. The summed E-state index contributed by atoms with van der Waals surface area (Å²) in [6, 6.07) is 11.4. The van der Waals surface area contributed by atoms with E-state index < -0.39 is 41.1 Å². The Kier molecular flexibility index (Phi) is 8.80. The van der Waals surface area contributed by atoms with Gasteiger partial charge in [-0.15, -0.1) is 0 Å². The van der Waals surface area contributed by atoms with Crippen LogP contribution in [0.25, 0.3) is 0 Å². The fourth-order valence-electron chi connectivity index (χ4n) is 5.38. The number of nitrogens with zero attached hydrogens (tertiary/aromatic N) is 3. The third-order valence-corrected chi connectivity index (χ3v) is 7.57. The Morgan fingerprint density at radius 3 is 2.48 bits per heavy atom. The number of urea groups is 2. The van der Waals surface area contributed by atoms with Crippen LogP contribution in [0.15, 0.2) is 59.8 Å². The molecule has 0 saturated carbocycles. The second-order valence-corrected chi connectivity index (χ2v) is 9.91. The lowest BCUT2D eigenvalue weighted by Gasteiger charge is -2.38. The molecule has 0 bridgehead atoms. The number of carboxylic acids is 1. The molecule has 3 N–H and O–H groups in total. The number of carbonyl (C=O) groups excluding carboxylic acids is 2. The molecule has 40 heavy (non-hydrogen) atoms. The summed E-state index contributed by atoms with van der Waals surface area (Å²) in [5.41, 5.74) is -0.134. The van der Waals surface area contributed by atoms with Crippen molar-refractivity contribution >= 4 is 18.0 Å². The molecule has 2 aromatic rings. The van der Waals surface area contributed by atoms with E-state index in [-0.39, 0.29) is 29.8 Å². The first-order valence-corrected chi connectivity index (χ1v) is 13.2. The fourth-order valence-corrected chi connectivity index (χ4v) is 5.38. The van der Waals surface area contributed by atoms with E-state index in [2.05, 4.69) is 21.6 Å². The lowest BCUT2D eigenvalue weighted by molar-refractivity contribution is -0.133.